The molecule has 41 heavy (non-hydrogen) atoms. The first kappa shape index (κ1) is 28.4. The molecule has 0 bridgehead atoms. The van der Waals surface area contributed by atoms with Crippen LogP contribution in [0.5, 0.6) is 5.88 Å². The van der Waals surface area contributed by atoms with Crippen molar-refractivity contribution in [2.45, 2.75) is 26.2 Å². The van der Waals surface area contributed by atoms with Gasteiger partial charge < -0.3 is 19.7 Å². The number of fused-ring (bicyclic) bond motifs is 1. The predicted molar refractivity (Wildman–Crippen MR) is 161 cm³/mol. The van der Waals surface area contributed by atoms with E-state index in [0.29, 0.717) is 35.6 Å². The van der Waals surface area contributed by atoms with Crippen LogP contribution in [0.15, 0.2) is 66.6 Å². The number of nitrogens with zero attached hydrogens (tertiary/aromatic N) is 3. The van der Waals surface area contributed by atoms with Crippen molar-refractivity contribution in [3.05, 3.63) is 88.4 Å². The highest BCUT2D eigenvalue weighted by Crippen LogP contribution is 2.41. The Morgan fingerprint density at radius 2 is 1.85 bits per heavy atom. The zero-order chi connectivity index (χ0) is 29.3. The van der Waals surface area contributed by atoms with Crippen LogP contribution in [0.3, 0.4) is 0 Å². The van der Waals surface area contributed by atoms with Crippen LogP contribution in [0.2, 0.25) is 5.02 Å². The number of rotatable bonds is 8. The van der Waals surface area contributed by atoms with Crippen molar-refractivity contribution in [1.29, 1.82) is 0 Å². The molecule has 2 heterocycles. The van der Waals surface area contributed by atoms with Crippen molar-refractivity contribution in [1.82, 2.24) is 14.8 Å². The van der Waals surface area contributed by atoms with Gasteiger partial charge in [-0.2, -0.15) is 0 Å². The number of aryl methyl sites for hydroxylation is 1. The van der Waals surface area contributed by atoms with Crippen LogP contribution in [0, 0.1) is 6.92 Å². The third-order valence-corrected chi connectivity index (χ3v) is 8.12. The van der Waals surface area contributed by atoms with E-state index in [2.05, 4.69) is 18.0 Å². The molecule has 1 aliphatic heterocycles. The summed E-state index contributed by atoms with van der Waals surface area (Å²) in [6, 6.07) is 13.6. The third kappa shape index (κ3) is 5.33. The van der Waals surface area contributed by atoms with Gasteiger partial charge in [0, 0.05) is 49.3 Å². The summed E-state index contributed by atoms with van der Waals surface area (Å²) in [6.45, 7) is 6.75. The Hall–Kier alpha value is -4.14. The second-order valence-corrected chi connectivity index (χ2v) is 10.5. The first-order chi connectivity index (χ1) is 19.7. The van der Waals surface area contributed by atoms with Crippen molar-refractivity contribution in [2.24, 2.45) is 0 Å². The maximum absolute atomic E-state index is 13.3. The Morgan fingerprint density at radius 1 is 1.12 bits per heavy atom. The van der Waals surface area contributed by atoms with E-state index in [-0.39, 0.29) is 5.57 Å². The van der Waals surface area contributed by atoms with E-state index < -0.39 is 11.8 Å². The number of aromatic nitrogens is 1. The predicted octanol–water partition coefficient (Wildman–Crippen LogP) is 5.59. The molecule has 0 saturated carbocycles. The molecule has 0 spiro atoms. The number of hydrogen-bond acceptors (Lipinski definition) is 6. The number of benzene rings is 2. The van der Waals surface area contributed by atoms with Gasteiger partial charge in [0.05, 0.1) is 24.4 Å². The average molecular weight is 573 g/mol. The van der Waals surface area contributed by atoms with Gasteiger partial charge in [-0.05, 0) is 55.0 Å². The molecule has 0 atom stereocenters. The summed E-state index contributed by atoms with van der Waals surface area (Å²) in [5, 5.41) is 3.49. The molecule has 1 N–H and O–H groups in total. The molecule has 0 fully saturated rings. The lowest BCUT2D eigenvalue weighted by Crippen LogP contribution is -2.43. The Balaban J connectivity index is 1.47. The molecule has 2 amide bonds. The first-order valence-electron chi connectivity index (χ1n) is 13.5. The van der Waals surface area contributed by atoms with Crippen LogP contribution in [0.25, 0.3) is 22.4 Å². The number of methoxy groups -OCH3 is 2. The highest BCUT2D eigenvalue weighted by atomic mass is 35.5. The summed E-state index contributed by atoms with van der Waals surface area (Å²) >= 11 is 7.03. The van der Waals surface area contributed by atoms with Crippen LogP contribution in [0.1, 0.15) is 23.1 Å². The number of carbonyl (C=O) groups is 2. The maximum Gasteiger partial charge on any atom is 0.266 e. The third-order valence-electron chi connectivity index (χ3n) is 7.71. The molecule has 212 valence electrons. The molecular weight excluding hydrogens is 540 g/mol. The number of pyridine rings is 1. The van der Waals surface area contributed by atoms with Gasteiger partial charge in [-0.3, -0.25) is 14.5 Å². The highest BCUT2D eigenvalue weighted by Gasteiger charge is 2.31. The Labute approximate surface area is 245 Å². The van der Waals surface area contributed by atoms with E-state index in [1.807, 2.05) is 37.3 Å². The van der Waals surface area contributed by atoms with Crippen molar-refractivity contribution in [3.63, 3.8) is 0 Å². The van der Waals surface area contributed by atoms with Crippen molar-refractivity contribution < 1.29 is 19.1 Å². The van der Waals surface area contributed by atoms with Crippen LogP contribution in [0.4, 0.5) is 5.69 Å². The molecular formula is C32H33ClN4O4. The Bertz CT molecular complexity index is 1580. The van der Waals surface area contributed by atoms with Crippen LogP contribution < -0.4 is 10.1 Å². The number of anilines is 1. The van der Waals surface area contributed by atoms with Gasteiger partial charge in [0.15, 0.2) is 0 Å². The lowest BCUT2D eigenvalue weighted by Gasteiger charge is -2.34. The highest BCUT2D eigenvalue weighted by molar-refractivity contribution is 6.36. The van der Waals surface area contributed by atoms with E-state index >= 15 is 0 Å². The van der Waals surface area contributed by atoms with E-state index in [1.54, 1.807) is 32.2 Å². The summed E-state index contributed by atoms with van der Waals surface area (Å²) in [4.78, 5) is 34.2. The van der Waals surface area contributed by atoms with Crippen molar-refractivity contribution in [3.8, 4) is 28.3 Å². The van der Waals surface area contributed by atoms with Gasteiger partial charge in [0.1, 0.15) is 11.4 Å². The molecule has 2 aromatic carbocycles. The van der Waals surface area contributed by atoms with Crippen LogP contribution in [-0.4, -0.2) is 61.0 Å². The number of likely N-dealkylation sites (N-methyl/N-ethyl adjacent to an activating group) is 1. The minimum atomic E-state index is -0.508. The molecule has 5 rings (SSSR count). The van der Waals surface area contributed by atoms with Crippen LogP contribution >= 0.6 is 11.6 Å². The molecule has 0 unspecified atom stereocenters. The second-order valence-electron chi connectivity index (χ2n) is 10.1. The Kier molecular flexibility index (Phi) is 8.15. The van der Waals surface area contributed by atoms with E-state index in [1.165, 1.54) is 22.2 Å². The van der Waals surface area contributed by atoms with Gasteiger partial charge >= 0.3 is 0 Å². The summed E-state index contributed by atoms with van der Waals surface area (Å²) in [7, 11) is 4.83. The minimum absolute atomic E-state index is 0.0115. The van der Waals surface area contributed by atoms with E-state index in [4.69, 9.17) is 26.1 Å². The number of halogens is 1. The number of ether oxygens (including phenoxy) is 2. The number of carbonyl (C=O) groups excluding carboxylic acids is 2. The SMILES string of the molecule is C=C1N(CCOC)C=C(C(=O)Nc2cccc(-c3cccc(-c4cc5c(c(OC)n4)CCC5)c3Cl)c2C)C(=O)N1C. The quantitative estimate of drug-likeness (QED) is 0.354. The summed E-state index contributed by atoms with van der Waals surface area (Å²) in [5.74, 6) is 0.194. The largest absolute Gasteiger partial charge is 0.481 e. The maximum atomic E-state index is 13.3. The number of nitrogens with one attached hydrogen (secondary N) is 1. The molecule has 0 saturated heterocycles. The number of amides is 2. The van der Waals surface area contributed by atoms with Gasteiger partial charge in [-0.1, -0.05) is 48.5 Å². The smallest absolute Gasteiger partial charge is 0.266 e. The average Bonchev–Trinajstić information content (AvgIpc) is 3.45. The minimum Gasteiger partial charge on any atom is -0.481 e. The van der Waals surface area contributed by atoms with E-state index in [0.717, 1.165) is 47.2 Å². The summed E-state index contributed by atoms with van der Waals surface area (Å²) in [5.41, 5.74) is 7.08. The zero-order valence-corrected chi connectivity index (χ0v) is 24.5. The molecule has 1 aromatic heterocycles. The van der Waals surface area contributed by atoms with E-state index in [9.17, 15) is 9.59 Å². The fourth-order valence-corrected chi connectivity index (χ4v) is 5.68. The lowest BCUT2D eigenvalue weighted by molar-refractivity contribution is -0.128. The fraction of sp³-hybridized carbons (Fsp3) is 0.281. The normalized spacial score (nSPS) is 14.7. The molecule has 9 heteroatoms. The monoisotopic (exact) mass is 572 g/mol. The Morgan fingerprint density at radius 3 is 2.61 bits per heavy atom. The molecule has 8 nitrogen and oxygen atoms in total. The summed E-state index contributed by atoms with van der Waals surface area (Å²) < 4.78 is 10.8. The van der Waals surface area contributed by atoms with Crippen molar-refractivity contribution in [2.75, 3.05) is 39.7 Å². The molecule has 3 aromatic rings. The van der Waals surface area contributed by atoms with Crippen LogP contribution in [-0.2, 0) is 27.2 Å². The summed E-state index contributed by atoms with van der Waals surface area (Å²) in [6.07, 6.45) is 4.57. The standard InChI is InChI=1S/C32H33ClN4O4/c1-19-22(24-12-7-13-25(29(24)33)28-17-21-9-6-11-23(21)31(35-28)41-5)10-8-14-27(19)34-30(38)26-18-37(15-16-40-4)20(2)36(3)32(26)39/h7-8,10,12-14,17-18H,2,6,9,11,15-16H2,1,3-5H3,(H,34,38). The molecule has 1 aliphatic carbocycles. The zero-order valence-electron chi connectivity index (χ0n) is 23.7. The number of hydrogen-bond donors (Lipinski definition) is 1. The van der Waals surface area contributed by atoms with Gasteiger partial charge in [0.2, 0.25) is 5.88 Å². The first-order valence-corrected chi connectivity index (χ1v) is 13.8. The van der Waals surface area contributed by atoms with Gasteiger partial charge in [-0.15, -0.1) is 0 Å². The van der Waals surface area contributed by atoms with Crippen molar-refractivity contribution >= 4 is 29.1 Å². The fourth-order valence-electron chi connectivity index (χ4n) is 5.36. The second kappa shape index (κ2) is 11.8. The van der Waals surface area contributed by atoms with Gasteiger partial charge in [-0.25, -0.2) is 4.98 Å². The lowest BCUT2D eigenvalue weighted by atomic mass is 9.96. The topological polar surface area (TPSA) is 84.0 Å². The van der Waals surface area contributed by atoms with Gasteiger partial charge in [0.25, 0.3) is 11.8 Å². The molecule has 0 radical (unpaired) electrons. The molecule has 2 aliphatic rings.